The molecule has 2 heterocycles. The Morgan fingerprint density at radius 3 is 2.67 bits per heavy atom. The number of carbonyl (C=O) groups is 1. The zero-order valence-electron chi connectivity index (χ0n) is 14.9. The number of rotatable bonds is 4. The van der Waals surface area contributed by atoms with Crippen LogP contribution in [0.2, 0.25) is 0 Å². The summed E-state index contributed by atoms with van der Waals surface area (Å²) in [5.74, 6) is -0.0979. The van der Waals surface area contributed by atoms with Gasteiger partial charge in [-0.05, 0) is 42.5 Å². The van der Waals surface area contributed by atoms with Crippen LogP contribution in [0.1, 0.15) is 6.92 Å². The third kappa shape index (κ3) is 4.29. The fraction of sp³-hybridized carbons (Fsp3) is 0.263. The summed E-state index contributed by atoms with van der Waals surface area (Å²) in [6.07, 6.45) is 0. The number of amides is 1. The van der Waals surface area contributed by atoms with Gasteiger partial charge in [-0.15, -0.1) is 10.2 Å². The largest absolute Gasteiger partial charge is 0.378 e. The third-order valence-electron chi connectivity index (χ3n) is 4.17. The second-order valence-corrected chi connectivity index (χ2v) is 7.19. The van der Waals surface area contributed by atoms with Crippen LogP contribution in [0, 0.1) is 0 Å². The predicted molar refractivity (Wildman–Crippen MR) is 108 cm³/mol. The first kappa shape index (κ1) is 17.6. The molecule has 1 aliphatic rings. The number of hydrogen-bond donors (Lipinski definition) is 1. The number of thiazole rings is 1. The Balaban J connectivity index is 1.47. The Kier molecular flexibility index (Phi) is 5.08. The number of ether oxygens (including phenoxy) is 1. The van der Waals surface area contributed by atoms with Crippen LogP contribution in [-0.2, 0) is 9.53 Å². The van der Waals surface area contributed by atoms with Gasteiger partial charge in [-0.1, -0.05) is 11.3 Å². The van der Waals surface area contributed by atoms with Gasteiger partial charge in [-0.2, -0.15) is 0 Å². The lowest BCUT2D eigenvalue weighted by Gasteiger charge is -2.28. The molecule has 1 fully saturated rings. The predicted octanol–water partition coefficient (Wildman–Crippen LogP) is 4.51. The molecule has 1 aromatic heterocycles. The van der Waals surface area contributed by atoms with E-state index in [1.807, 2.05) is 30.3 Å². The van der Waals surface area contributed by atoms with Gasteiger partial charge in [0, 0.05) is 31.4 Å². The smallest absolute Gasteiger partial charge is 0.231 e. The number of carbonyl (C=O) groups excluding carboxylic acids is 1. The molecule has 3 aromatic rings. The van der Waals surface area contributed by atoms with Crippen LogP contribution in [0.5, 0.6) is 0 Å². The van der Waals surface area contributed by atoms with Crippen molar-refractivity contribution in [1.29, 1.82) is 0 Å². The first-order chi connectivity index (χ1) is 13.2. The van der Waals surface area contributed by atoms with E-state index in [4.69, 9.17) is 4.74 Å². The van der Waals surface area contributed by atoms with Crippen molar-refractivity contribution < 1.29 is 9.53 Å². The van der Waals surface area contributed by atoms with Gasteiger partial charge in [0.15, 0.2) is 0 Å². The number of nitrogens with zero attached hydrogens (tertiary/aromatic N) is 4. The van der Waals surface area contributed by atoms with Gasteiger partial charge < -0.3 is 15.0 Å². The van der Waals surface area contributed by atoms with Crippen LogP contribution >= 0.6 is 11.3 Å². The maximum atomic E-state index is 11.2. The number of azo groups is 1. The van der Waals surface area contributed by atoms with Gasteiger partial charge in [0.25, 0.3) is 0 Å². The molecule has 138 valence electrons. The number of fused-ring (bicyclic) bond motifs is 1. The van der Waals surface area contributed by atoms with Gasteiger partial charge in [0.2, 0.25) is 11.0 Å². The Morgan fingerprint density at radius 1 is 1.15 bits per heavy atom. The standard InChI is InChI=1S/C19H19N5O2S/c1-13(25)20-15-4-7-17-18(12-15)27-19(21-17)23-22-14-2-5-16(6-3-14)24-8-10-26-11-9-24/h2-7,12H,8-11H2,1H3,(H,20,25). The lowest BCUT2D eigenvalue weighted by Crippen LogP contribution is -2.36. The van der Waals surface area contributed by atoms with Crippen LogP contribution in [0.4, 0.5) is 22.2 Å². The summed E-state index contributed by atoms with van der Waals surface area (Å²) in [5, 5.41) is 11.9. The summed E-state index contributed by atoms with van der Waals surface area (Å²) in [4.78, 5) is 17.9. The third-order valence-corrected chi connectivity index (χ3v) is 5.08. The summed E-state index contributed by atoms with van der Waals surface area (Å²) >= 11 is 1.44. The Hall–Kier alpha value is -2.84. The minimum absolute atomic E-state index is 0.0979. The molecule has 1 amide bonds. The lowest BCUT2D eigenvalue weighted by molar-refractivity contribution is -0.114. The van der Waals surface area contributed by atoms with Crippen molar-refractivity contribution in [2.75, 3.05) is 36.5 Å². The SMILES string of the molecule is CC(=O)Nc1ccc2nc(N=Nc3ccc(N4CCOCC4)cc3)sc2c1. The molecule has 1 saturated heterocycles. The highest BCUT2D eigenvalue weighted by Crippen LogP contribution is 2.31. The molecule has 7 nitrogen and oxygen atoms in total. The Bertz CT molecular complexity index is 977. The highest BCUT2D eigenvalue weighted by molar-refractivity contribution is 7.21. The number of aromatic nitrogens is 1. The number of nitrogens with one attached hydrogen (secondary N) is 1. The average Bonchev–Trinajstić information content (AvgIpc) is 3.09. The first-order valence-corrected chi connectivity index (χ1v) is 9.52. The van der Waals surface area contributed by atoms with Crippen LogP contribution in [0.15, 0.2) is 52.7 Å². The van der Waals surface area contributed by atoms with E-state index in [9.17, 15) is 4.79 Å². The first-order valence-electron chi connectivity index (χ1n) is 8.70. The summed E-state index contributed by atoms with van der Waals surface area (Å²) in [7, 11) is 0. The highest BCUT2D eigenvalue weighted by atomic mass is 32.1. The molecule has 0 spiro atoms. The minimum atomic E-state index is -0.0979. The van der Waals surface area contributed by atoms with Crippen LogP contribution in [0.25, 0.3) is 10.2 Å². The number of hydrogen-bond acceptors (Lipinski definition) is 7. The van der Waals surface area contributed by atoms with Crippen molar-refractivity contribution in [2.45, 2.75) is 6.92 Å². The molecule has 1 aliphatic heterocycles. The minimum Gasteiger partial charge on any atom is -0.378 e. The van der Waals surface area contributed by atoms with E-state index in [-0.39, 0.29) is 5.91 Å². The van der Waals surface area contributed by atoms with Gasteiger partial charge in [0.1, 0.15) is 0 Å². The zero-order valence-corrected chi connectivity index (χ0v) is 15.7. The fourth-order valence-corrected chi connectivity index (χ4v) is 3.71. The summed E-state index contributed by atoms with van der Waals surface area (Å²) in [5.41, 5.74) is 3.54. The van der Waals surface area contributed by atoms with Crippen molar-refractivity contribution >= 4 is 49.7 Å². The van der Waals surface area contributed by atoms with E-state index >= 15 is 0 Å². The molecule has 1 N–H and O–H groups in total. The normalized spacial score (nSPS) is 14.8. The molecule has 0 saturated carbocycles. The molecule has 2 aromatic carbocycles. The molecular formula is C19H19N5O2S. The van der Waals surface area contributed by atoms with E-state index in [0.29, 0.717) is 5.13 Å². The fourth-order valence-electron chi connectivity index (χ4n) is 2.89. The molecule has 27 heavy (non-hydrogen) atoms. The maximum absolute atomic E-state index is 11.2. The van der Waals surface area contributed by atoms with Crippen LogP contribution in [-0.4, -0.2) is 37.2 Å². The van der Waals surface area contributed by atoms with Crippen molar-refractivity contribution in [3.05, 3.63) is 42.5 Å². The van der Waals surface area contributed by atoms with E-state index in [0.717, 1.165) is 47.9 Å². The van der Waals surface area contributed by atoms with E-state index in [2.05, 4.69) is 37.6 Å². The number of anilines is 2. The van der Waals surface area contributed by atoms with Crippen LogP contribution < -0.4 is 10.2 Å². The molecule has 8 heteroatoms. The monoisotopic (exact) mass is 381 g/mol. The number of morpholine rings is 1. The second kappa shape index (κ2) is 7.81. The highest BCUT2D eigenvalue weighted by Gasteiger charge is 2.10. The van der Waals surface area contributed by atoms with E-state index in [1.54, 1.807) is 0 Å². The molecule has 0 unspecified atom stereocenters. The Morgan fingerprint density at radius 2 is 1.93 bits per heavy atom. The van der Waals surface area contributed by atoms with Crippen LogP contribution in [0.3, 0.4) is 0 Å². The summed E-state index contributed by atoms with van der Waals surface area (Å²) in [6, 6.07) is 13.6. The van der Waals surface area contributed by atoms with Crippen molar-refractivity contribution in [2.24, 2.45) is 10.2 Å². The van der Waals surface area contributed by atoms with E-state index < -0.39 is 0 Å². The van der Waals surface area contributed by atoms with Crippen molar-refractivity contribution in [3.8, 4) is 0 Å². The van der Waals surface area contributed by atoms with Gasteiger partial charge in [-0.3, -0.25) is 4.79 Å². The molecule has 0 radical (unpaired) electrons. The quantitative estimate of drug-likeness (QED) is 0.675. The molecular weight excluding hydrogens is 362 g/mol. The van der Waals surface area contributed by atoms with Gasteiger partial charge >= 0.3 is 0 Å². The number of benzene rings is 2. The molecule has 4 rings (SSSR count). The van der Waals surface area contributed by atoms with Crippen molar-refractivity contribution in [3.63, 3.8) is 0 Å². The second-order valence-electron chi connectivity index (χ2n) is 6.18. The average molecular weight is 381 g/mol. The van der Waals surface area contributed by atoms with Gasteiger partial charge in [0.05, 0.1) is 29.1 Å². The summed E-state index contributed by atoms with van der Waals surface area (Å²) < 4.78 is 6.34. The molecule has 0 atom stereocenters. The Labute approximate surface area is 160 Å². The maximum Gasteiger partial charge on any atom is 0.231 e. The topological polar surface area (TPSA) is 79.2 Å². The van der Waals surface area contributed by atoms with Gasteiger partial charge in [-0.25, -0.2) is 4.98 Å². The van der Waals surface area contributed by atoms with Crippen molar-refractivity contribution in [1.82, 2.24) is 4.98 Å². The molecule has 0 aliphatic carbocycles. The molecule has 0 bridgehead atoms. The van der Waals surface area contributed by atoms with E-state index in [1.165, 1.54) is 23.9 Å². The summed E-state index contributed by atoms with van der Waals surface area (Å²) in [6.45, 7) is 4.84. The lowest BCUT2D eigenvalue weighted by atomic mass is 10.2. The zero-order chi connectivity index (χ0) is 18.6.